The highest BCUT2D eigenvalue weighted by molar-refractivity contribution is 9.10. The predicted octanol–water partition coefficient (Wildman–Crippen LogP) is 3.82. The number of hydrogen-bond acceptors (Lipinski definition) is 3. The molecule has 0 spiro atoms. The number of nitrogens with two attached hydrogens (primary N) is 1. The Morgan fingerprint density at radius 2 is 2.05 bits per heavy atom. The first-order chi connectivity index (χ1) is 9.84. The maximum Gasteiger partial charge on any atom is 0.419 e. The summed E-state index contributed by atoms with van der Waals surface area (Å²) in [6, 6.07) is 1.09. The Balaban J connectivity index is 2.36. The third-order valence-electron chi connectivity index (χ3n) is 4.14. The minimum Gasteiger partial charge on any atom is -0.356 e. The fraction of sp³-hybridized carbons (Fsp3) is 0.643. The number of anilines is 1. The van der Waals surface area contributed by atoms with Gasteiger partial charge in [0.15, 0.2) is 0 Å². The largest absolute Gasteiger partial charge is 0.419 e. The van der Waals surface area contributed by atoms with Gasteiger partial charge >= 0.3 is 6.18 Å². The highest BCUT2D eigenvalue weighted by Crippen LogP contribution is 2.39. The second kappa shape index (κ2) is 6.52. The summed E-state index contributed by atoms with van der Waals surface area (Å²) in [5.74, 6) is 0.200. The van der Waals surface area contributed by atoms with Crippen LogP contribution in [0, 0.1) is 5.92 Å². The van der Waals surface area contributed by atoms with Crippen molar-refractivity contribution in [3.63, 3.8) is 0 Å². The van der Waals surface area contributed by atoms with E-state index in [9.17, 15) is 13.2 Å². The van der Waals surface area contributed by atoms with Gasteiger partial charge < -0.3 is 10.6 Å². The molecule has 0 aliphatic heterocycles. The molecule has 1 aromatic rings. The second-order valence-corrected chi connectivity index (χ2v) is 6.40. The number of alkyl halides is 3. The van der Waals surface area contributed by atoms with Crippen LogP contribution in [0.2, 0.25) is 0 Å². The number of nitrogens with zero attached hydrogens (tertiary/aromatic N) is 2. The number of pyridine rings is 1. The Kier molecular flexibility index (Phi) is 5.14. The molecule has 3 nitrogen and oxygen atoms in total. The van der Waals surface area contributed by atoms with Crippen LogP contribution in [0.5, 0.6) is 0 Å². The van der Waals surface area contributed by atoms with Crippen LogP contribution in [0.25, 0.3) is 0 Å². The first-order valence-electron chi connectivity index (χ1n) is 7.00. The van der Waals surface area contributed by atoms with Gasteiger partial charge in [-0.2, -0.15) is 13.2 Å². The van der Waals surface area contributed by atoms with Crippen LogP contribution in [0.4, 0.5) is 19.0 Å². The van der Waals surface area contributed by atoms with Gasteiger partial charge in [0.1, 0.15) is 5.82 Å². The maximum absolute atomic E-state index is 13.2. The molecule has 1 aromatic heterocycles. The SMILES string of the molecule is CN(c1ncc(Br)cc1C(F)(F)F)C1CCCCC1CN. The lowest BCUT2D eigenvalue weighted by atomic mass is 9.83. The van der Waals surface area contributed by atoms with Gasteiger partial charge in [0.2, 0.25) is 0 Å². The van der Waals surface area contributed by atoms with E-state index in [1.54, 1.807) is 11.9 Å². The van der Waals surface area contributed by atoms with Crippen molar-refractivity contribution in [2.45, 2.75) is 37.9 Å². The van der Waals surface area contributed by atoms with E-state index in [-0.39, 0.29) is 17.8 Å². The molecule has 0 bridgehead atoms. The third-order valence-corrected chi connectivity index (χ3v) is 4.58. The summed E-state index contributed by atoms with van der Waals surface area (Å²) in [5, 5.41) is 0. The van der Waals surface area contributed by atoms with Crippen LogP contribution in [-0.2, 0) is 6.18 Å². The summed E-state index contributed by atoms with van der Waals surface area (Å²) >= 11 is 3.06. The van der Waals surface area contributed by atoms with Crippen molar-refractivity contribution in [1.82, 2.24) is 4.98 Å². The average Bonchev–Trinajstić information content (AvgIpc) is 2.45. The van der Waals surface area contributed by atoms with Crippen LogP contribution in [0.15, 0.2) is 16.7 Å². The first kappa shape index (κ1) is 16.5. The molecule has 0 aromatic carbocycles. The molecular weight excluding hydrogens is 347 g/mol. The van der Waals surface area contributed by atoms with Gasteiger partial charge in [0.05, 0.1) is 5.56 Å². The van der Waals surface area contributed by atoms with Gasteiger partial charge in [-0.05, 0) is 47.3 Å². The van der Waals surface area contributed by atoms with Crippen LogP contribution in [0.1, 0.15) is 31.2 Å². The number of hydrogen-bond donors (Lipinski definition) is 1. The zero-order valence-electron chi connectivity index (χ0n) is 11.8. The zero-order valence-corrected chi connectivity index (χ0v) is 13.4. The Labute approximate surface area is 130 Å². The van der Waals surface area contributed by atoms with Crippen molar-refractivity contribution in [1.29, 1.82) is 0 Å². The third kappa shape index (κ3) is 3.69. The van der Waals surface area contributed by atoms with E-state index in [0.29, 0.717) is 11.0 Å². The fourth-order valence-electron chi connectivity index (χ4n) is 3.05. The fourth-order valence-corrected chi connectivity index (χ4v) is 3.38. The molecule has 2 atom stereocenters. The van der Waals surface area contributed by atoms with Gasteiger partial charge in [-0.3, -0.25) is 0 Å². The summed E-state index contributed by atoms with van der Waals surface area (Å²) in [6.07, 6.45) is 0.904. The molecule has 1 aliphatic rings. The Morgan fingerprint density at radius 1 is 1.38 bits per heavy atom. The van der Waals surface area contributed by atoms with Gasteiger partial charge in [-0.25, -0.2) is 4.98 Å². The minimum atomic E-state index is -4.42. The first-order valence-corrected chi connectivity index (χ1v) is 7.79. The van der Waals surface area contributed by atoms with Crippen LogP contribution >= 0.6 is 15.9 Å². The van der Waals surface area contributed by atoms with Gasteiger partial charge in [0.25, 0.3) is 0 Å². The zero-order chi connectivity index (χ0) is 15.6. The molecule has 2 N–H and O–H groups in total. The van der Waals surface area contributed by atoms with Crippen LogP contribution < -0.4 is 10.6 Å². The summed E-state index contributed by atoms with van der Waals surface area (Å²) in [4.78, 5) is 5.67. The van der Waals surface area contributed by atoms with E-state index in [2.05, 4.69) is 20.9 Å². The van der Waals surface area contributed by atoms with Gasteiger partial charge in [-0.15, -0.1) is 0 Å². The number of rotatable bonds is 3. The number of halogens is 4. The van der Waals surface area contributed by atoms with Crippen molar-refractivity contribution in [3.8, 4) is 0 Å². The molecular formula is C14H19BrF3N3. The van der Waals surface area contributed by atoms with Crippen molar-refractivity contribution in [2.24, 2.45) is 11.7 Å². The van der Waals surface area contributed by atoms with E-state index in [0.717, 1.165) is 31.7 Å². The number of aromatic nitrogens is 1. The minimum absolute atomic E-state index is 0.0125. The lowest BCUT2D eigenvalue weighted by Gasteiger charge is -2.39. The summed E-state index contributed by atoms with van der Waals surface area (Å²) < 4.78 is 40.0. The summed E-state index contributed by atoms with van der Waals surface area (Å²) in [7, 11) is 1.68. The molecule has 1 fully saturated rings. The van der Waals surface area contributed by atoms with Gasteiger partial charge in [-0.1, -0.05) is 12.8 Å². The summed E-state index contributed by atoms with van der Waals surface area (Å²) in [6.45, 7) is 0.493. The van der Waals surface area contributed by atoms with E-state index in [1.165, 1.54) is 6.20 Å². The standard InChI is InChI=1S/C14H19BrF3N3/c1-21(12-5-3-2-4-9(12)7-19)13-11(14(16,17)18)6-10(15)8-20-13/h6,8-9,12H,2-5,7,19H2,1H3. The predicted molar refractivity (Wildman–Crippen MR) is 80.1 cm³/mol. The lowest BCUT2D eigenvalue weighted by molar-refractivity contribution is -0.137. The molecule has 2 rings (SSSR count). The van der Waals surface area contributed by atoms with E-state index in [4.69, 9.17) is 5.73 Å². The Morgan fingerprint density at radius 3 is 2.67 bits per heavy atom. The van der Waals surface area contributed by atoms with Crippen molar-refractivity contribution in [3.05, 3.63) is 22.3 Å². The molecule has 7 heteroatoms. The molecule has 0 saturated heterocycles. The molecule has 1 aliphatic carbocycles. The lowest BCUT2D eigenvalue weighted by Crippen LogP contribution is -2.44. The van der Waals surface area contributed by atoms with Crippen LogP contribution in [0.3, 0.4) is 0 Å². The molecule has 0 amide bonds. The van der Waals surface area contributed by atoms with Crippen molar-refractivity contribution < 1.29 is 13.2 Å². The van der Waals surface area contributed by atoms with E-state index >= 15 is 0 Å². The average molecular weight is 366 g/mol. The van der Waals surface area contributed by atoms with Crippen molar-refractivity contribution >= 4 is 21.7 Å². The highest BCUT2D eigenvalue weighted by Gasteiger charge is 2.38. The van der Waals surface area contributed by atoms with Crippen LogP contribution in [-0.4, -0.2) is 24.6 Å². The van der Waals surface area contributed by atoms with Crippen molar-refractivity contribution in [2.75, 3.05) is 18.5 Å². The smallest absolute Gasteiger partial charge is 0.356 e. The highest BCUT2D eigenvalue weighted by atomic mass is 79.9. The van der Waals surface area contributed by atoms with E-state index < -0.39 is 11.7 Å². The summed E-state index contributed by atoms with van der Waals surface area (Å²) in [5.41, 5.74) is 5.07. The normalized spacial score (nSPS) is 23.1. The monoisotopic (exact) mass is 365 g/mol. The quantitative estimate of drug-likeness (QED) is 0.885. The van der Waals surface area contributed by atoms with Gasteiger partial charge in [0, 0.05) is 23.8 Å². The molecule has 0 radical (unpaired) electrons. The molecule has 2 unspecified atom stereocenters. The molecule has 21 heavy (non-hydrogen) atoms. The maximum atomic E-state index is 13.2. The Hall–Kier alpha value is -0.820. The molecule has 1 heterocycles. The molecule has 1 saturated carbocycles. The Bertz CT molecular complexity index is 493. The topological polar surface area (TPSA) is 42.2 Å². The van der Waals surface area contributed by atoms with E-state index in [1.807, 2.05) is 0 Å². The molecule has 118 valence electrons. The second-order valence-electron chi connectivity index (χ2n) is 5.48.